The van der Waals surface area contributed by atoms with Crippen LogP contribution in [0.5, 0.6) is 0 Å². The SMILES string of the molecule is CCCCCCC(NC)c1ccc(F)cc1C. The van der Waals surface area contributed by atoms with Crippen LogP contribution in [0.3, 0.4) is 0 Å². The van der Waals surface area contributed by atoms with Crippen LogP contribution >= 0.6 is 0 Å². The van der Waals surface area contributed by atoms with Gasteiger partial charge in [-0.2, -0.15) is 0 Å². The van der Waals surface area contributed by atoms with Gasteiger partial charge in [-0.05, 0) is 43.7 Å². The fraction of sp³-hybridized carbons (Fsp3) is 0.600. The number of halogens is 1. The Balaban J connectivity index is 2.59. The predicted molar refractivity (Wildman–Crippen MR) is 71.7 cm³/mol. The van der Waals surface area contributed by atoms with Crippen LogP contribution in [0, 0.1) is 12.7 Å². The predicted octanol–water partition coefficient (Wildman–Crippen LogP) is 4.37. The van der Waals surface area contributed by atoms with Gasteiger partial charge in [0.1, 0.15) is 5.82 Å². The van der Waals surface area contributed by atoms with Gasteiger partial charge >= 0.3 is 0 Å². The Morgan fingerprint density at radius 3 is 2.59 bits per heavy atom. The van der Waals surface area contributed by atoms with E-state index in [0.717, 1.165) is 12.0 Å². The first-order valence-electron chi connectivity index (χ1n) is 6.62. The van der Waals surface area contributed by atoms with E-state index >= 15 is 0 Å². The second kappa shape index (κ2) is 7.44. The molecule has 0 bridgehead atoms. The summed E-state index contributed by atoms with van der Waals surface area (Å²) in [7, 11) is 1.98. The first-order valence-corrected chi connectivity index (χ1v) is 6.62. The lowest BCUT2D eigenvalue weighted by Gasteiger charge is -2.18. The summed E-state index contributed by atoms with van der Waals surface area (Å²) in [6.07, 6.45) is 6.21. The molecule has 1 nitrogen and oxygen atoms in total. The molecule has 0 spiro atoms. The number of aryl methyl sites for hydroxylation is 1. The van der Waals surface area contributed by atoms with Crippen LogP contribution in [-0.2, 0) is 0 Å². The van der Waals surface area contributed by atoms with Crippen molar-refractivity contribution in [2.45, 2.75) is 52.0 Å². The first kappa shape index (κ1) is 14.2. The molecule has 1 atom stereocenters. The fourth-order valence-corrected chi connectivity index (χ4v) is 2.26. The first-order chi connectivity index (χ1) is 8.19. The summed E-state index contributed by atoms with van der Waals surface area (Å²) in [6, 6.07) is 5.43. The van der Waals surface area contributed by atoms with Gasteiger partial charge in [0.25, 0.3) is 0 Å². The average molecular weight is 237 g/mol. The monoisotopic (exact) mass is 237 g/mol. The zero-order valence-electron chi connectivity index (χ0n) is 11.2. The van der Waals surface area contributed by atoms with Crippen molar-refractivity contribution in [2.24, 2.45) is 0 Å². The van der Waals surface area contributed by atoms with Gasteiger partial charge in [-0.1, -0.05) is 38.7 Å². The molecule has 0 aliphatic heterocycles. The summed E-state index contributed by atoms with van der Waals surface area (Å²) in [5, 5.41) is 3.33. The zero-order valence-corrected chi connectivity index (χ0v) is 11.2. The molecule has 1 unspecified atom stereocenters. The number of hydrogen-bond acceptors (Lipinski definition) is 1. The molecule has 0 fully saturated rings. The summed E-state index contributed by atoms with van der Waals surface area (Å²) in [4.78, 5) is 0. The van der Waals surface area contributed by atoms with Crippen molar-refractivity contribution in [3.63, 3.8) is 0 Å². The van der Waals surface area contributed by atoms with E-state index in [1.165, 1.54) is 31.2 Å². The van der Waals surface area contributed by atoms with Crippen molar-refractivity contribution in [3.05, 3.63) is 35.1 Å². The third-order valence-corrected chi connectivity index (χ3v) is 3.30. The summed E-state index contributed by atoms with van der Waals surface area (Å²) in [6.45, 7) is 4.20. The maximum atomic E-state index is 13.0. The van der Waals surface area contributed by atoms with Crippen molar-refractivity contribution in [1.82, 2.24) is 5.32 Å². The summed E-state index contributed by atoms with van der Waals surface area (Å²) in [5.74, 6) is -0.146. The second-order valence-corrected chi connectivity index (χ2v) is 4.69. The lowest BCUT2D eigenvalue weighted by molar-refractivity contribution is 0.502. The van der Waals surface area contributed by atoms with Crippen molar-refractivity contribution in [3.8, 4) is 0 Å². The van der Waals surface area contributed by atoms with E-state index in [2.05, 4.69) is 12.2 Å². The smallest absolute Gasteiger partial charge is 0.123 e. The highest BCUT2D eigenvalue weighted by molar-refractivity contribution is 5.29. The maximum absolute atomic E-state index is 13.0. The summed E-state index contributed by atoms with van der Waals surface area (Å²) in [5.41, 5.74) is 2.27. The molecule has 0 saturated heterocycles. The topological polar surface area (TPSA) is 12.0 Å². The van der Waals surface area contributed by atoms with E-state index in [1.807, 2.05) is 20.0 Å². The zero-order chi connectivity index (χ0) is 12.7. The van der Waals surface area contributed by atoms with E-state index in [9.17, 15) is 4.39 Å². The van der Waals surface area contributed by atoms with Gasteiger partial charge in [0.15, 0.2) is 0 Å². The molecular formula is C15H24FN. The van der Waals surface area contributed by atoms with E-state index in [-0.39, 0.29) is 5.82 Å². The van der Waals surface area contributed by atoms with Crippen LogP contribution in [0.1, 0.15) is 56.2 Å². The Morgan fingerprint density at radius 1 is 1.24 bits per heavy atom. The van der Waals surface area contributed by atoms with E-state index < -0.39 is 0 Å². The van der Waals surface area contributed by atoms with Crippen LogP contribution in [0.25, 0.3) is 0 Å². The molecule has 1 aromatic carbocycles. The van der Waals surface area contributed by atoms with Gasteiger partial charge in [0.2, 0.25) is 0 Å². The van der Waals surface area contributed by atoms with Crippen LogP contribution in [-0.4, -0.2) is 7.05 Å². The molecule has 0 heterocycles. The number of benzene rings is 1. The molecule has 0 amide bonds. The number of unbranched alkanes of at least 4 members (excludes halogenated alkanes) is 3. The summed E-state index contributed by atoms with van der Waals surface area (Å²) < 4.78 is 13.0. The van der Waals surface area contributed by atoms with Gasteiger partial charge in [0, 0.05) is 6.04 Å². The normalized spacial score (nSPS) is 12.7. The highest BCUT2D eigenvalue weighted by Crippen LogP contribution is 2.23. The molecule has 1 N–H and O–H groups in total. The van der Waals surface area contributed by atoms with Crippen molar-refractivity contribution >= 4 is 0 Å². The van der Waals surface area contributed by atoms with Crippen LogP contribution in [0.4, 0.5) is 4.39 Å². The fourth-order valence-electron chi connectivity index (χ4n) is 2.26. The lowest BCUT2D eigenvalue weighted by atomic mass is 9.96. The van der Waals surface area contributed by atoms with Crippen molar-refractivity contribution in [2.75, 3.05) is 7.05 Å². The minimum atomic E-state index is -0.146. The van der Waals surface area contributed by atoms with Crippen molar-refractivity contribution < 1.29 is 4.39 Å². The van der Waals surface area contributed by atoms with Crippen molar-refractivity contribution in [1.29, 1.82) is 0 Å². The molecule has 0 aromatic heterocycles. The molecule has 0 saturated carbocycles. The molecule has 96 valence electrons. The molecule has 17 heavy (non-hydrogen) atoms. The Bertz CT molecular complexity index is 336. The standard InChI is InChI=1S/C15H24FN/c1-4-5-6-7-8-15(17-3)14-10-9-13(16)11-12(14)2/h9-11,15,17H,4-8H2,1-3H3. The molecule has 1 rings (SSSR count). The average Bonchev–Trinajstić information content (AvgIpc) is 2.31. The molecular weight excluding hydrogens is 213 g/mol. The van der Waals surface area contributed by atoms with Gasteiger partial charge < -0.3 is 5.32 Å². The Labute approximate surface area is 104 Å². The molecule has 2 heteroatoms. The summed E-state index contributed by atoms with van der Waals surface area (Å²) >= 11 is 0. The minimum absolute atomic E-state index is 0.146. The molecule has 0 aliphatic rings. The Kier molecular flexibility index (Phi) is 6.20. The van der Waals surface area contributed by atoms with Gasteiger partial charge in [-0.25, -0.2) is 4.39 Å². The molecule has 0 aliphatic carbocycles. The van der Waals surface area contributed by atoms with Gasteiger partial charge in [-0.3, -0.25) is 0 Å². The van der Waals surface area contributed by atoms with Crippen LogP contribution < -0.4 is 5.32 Å². The second-order valence-electron chi connectivity index (χ2n) is 4.69. The Morgan fingerprint density at radius 2 is 2.00 bits per heavy atom. The highest BCUT2D eigenvalue weighted by Gasteiger charge is 2.11. The number of hydrogen-bond donors (Lipinski definition) is 1. The highest BCUT2D eigenvalue weighted by atomic mass is 19.1. The number of nitrogens with one attached hydrogen (secondary N) is 1. The van der Waals surface area contributed by atoms with Crippen LogP contribution in [0.15, 0.2) is 18.2 Å². The van der Waals surface area contributed by atoms with Gasteiger partial charge in [0.05, 0.1) is 0 Å². The molecule has 1 aromatic rings. The van der Waals surface area contributed by atoms with Crippen LogP contribution in [0.2, 0.25) is 0 Å². The number of rotatable bonds is 7. The third-order valence-electron chi connectivity index (χ3n) is 3.30. The quantitative estimate of drug-likeness (QED) is 0.695. The van der Waals surface area contributed by atoms with E-state index in [4.69, 9.17) is 0 Å². The largest absolute Gasteiger partial charge is 0.313 e. The van der Waals surface area contributed by atoms with Gasteiger partial charge in [-0.15, -0.1) is 0 Å². The lowest BCUT2D eigenvalue weighted by Crippen LogP contribution is -2.17. The third kappa shape index (κ3) is 4.47. The Hall–Kier alpha value is -0.890. The molecule has 0 radical (unpaired) electrons. The van der Waals surface area contributed by atoms with E-state index in [1.54, 1.807) is 12.1 Å². The van der Waals surface area contributed by atoms with E-state index in [0.29, 0.717) is 6.04 Å². The maximum Gasteiger partial charge on any atom is 0.123 e. The minimum Gasteiger partial charge on any atom is -0.313 e.